The number of carbonyl (C=O) groups excluding carboxylic acids is 1. The lowest BCUT2D eigenvalue weighted by Crippen LogP contribution is -2.37. The van der Waals surface area contributed by atoms with Gasteiger partial charge in [0.25, 0.3) is 0 Å². The van der Waals surface area contributed by atoms with Gasteiger partial charge < -0.3 is 14.6 Å². The monoisotopic (exact) mass is 298 g/mol. The molecule has 0 aliphatic heterocycles. The summed E-state index contributed by atoms with van der Waals surface area (Å²) in [6.07, 6.45) is 6.32. The van der Waals surface area contributed by atoms with Crippen LogP contribution in [0.25, 0.3) is 0 Å². The van der Waals surface area contributed by atoms with E-state index in [0.29, 0.717) is 19.2 Å². The molecule has 6 nitrogen and oxygen atoms in total. The van der Waals surface area contributed by atoms with E-state index in [2.05, 4.69) is 15.5 Å². The second-order valence-corrected chi connectivity index (χ2v) is 6.36. The summed E-state index contributed by atoms with van der Waals surface area (Å²) < 4.78 is 6.96. The van der Waals surface area contributed by atoms with Crippen molar-refractivity contribution in [3.63, 3.8) is 0 Å². The van der Waals surface area contributed by atoms with E-state index in [1.54, 1.807) is 13.4 Å². The lowest BCUT2D eigenvalue weighted by molar-refractivity contribution is -0.120. The molecule has 0 radical (unpaired) electrons. The van der Waals surface area contributed by atoms with Gasteiger partial charge in [0.15, 0.2) is 5.16 Å². The SMILES string of the molecule is COCCn1cnnc1SC(C)C(=O)NC1CCCC1. The Morgan fingerprint density at radius 3 is 3.05 bits per heavy atom. The van der Waals surface area contributed by atoms with Crippen LogP contribution in [0, 0.1) is 0 Å². The Kier molecular flexibility index (Phi) is 5.85. The van der Waals surface area contributed by atoms with Gasteiger partial charge in [-0.15, -0.1) is 10.2 Å². The molecule has 0 saturated heterocycles. The zero-order valence-corrected chi connectivity index (χ0v) is 12.9. The number of hydrogen-bond acceptors (Lipinski definition) is 5. The van der Waals surface area contributed by atoms with E-state index in [4.69, 9.17) is 4.74 Å². The Morgan fingerprint density at radius 1 is 1.60 bits per heavy atom. The molecular formula is C13H22N4O2S. The fraction of sp³-hybridized carbons (Fsp3) is 0.769. The fourth-order valence-electron chi connectivity index (χ4n) is 2.28. The Bertz CT molecular complexity index is 432. The molecule has 20 heavy (non-hydrogen) atoms. The number of amides is 1. The molecule has 0 bridgehead atoms. The zero-order chi connectivity index (χ0) is 14.4. The summed E-state index contributed by atoms with van der Waals surface area (Å²) in [7, 11) is 1.66. The highest BCUT2D eigenvalue weighted by molar-refractivity contribution is 8.00. The lowest BCUT2D eigenvalue weighted by Gasteiger charge is -2.16. The molecule has 1 heterocycles. The Balaban J connectivity index is 1.85. The molecule has 1 atom stereocenters. The number of nitrogens with zero attached hydrogens (tertiary/aromatic N) is 3. The first-order valence-electron chi connectivity index (χ1n) is 7.04. The van der Waals surface area contributed by atoms with Gasteiger partial charge in [-0.25, -0.2) is 0 Å². The van der Waals surface area contributed by atoms with E-state index in [9.17, 15) is 4.79 Å². The van der Waals surface area contributed by atoms with Crippen molar-refractivity contribution in [1.82, 2.24) is 20.1 Å². The maximum absolute atomic E-state index is 12.1. The molecular weight excluding hydrogens is 276 g/mol. The number of ether oxygens (including phenoxy) is 1. The highest BCUT2D eigenvalue weighted by Crippen LogP contribution is 2.23. The van der Waals surface area contributed by atoms with Crippen LogP contribution in [-0.2, 0) is 16.1 Å². The number of methoxy groups -OCH3 is 1. The summed E-state index contributed by atoms with van der Waals surface area (Å²) in [4.78, 5) is 12.1. The summed E-state index contributed by atoms with van der Waals surface area (Å²) in [6, 6.07) is 0.358. The van der Waals surface area contributed by atoms with E-state index in [-0.39, 0.29) is 11.2 Å². The zero-order valence-electron chi connectivity index (χ0n) is 12.0. The van der Waals surface area contributed by atoms with Gasteiger partial charge >= 0.3 is 0 Å². The van der Waals surface area contributed by atoms with Crippen LogP contribution in [0.5, 0.6) is 0 Å². The molecule has 1 N–H and O–H groups in total. The molecule has 1 fully saturated rings. The lowest BCUT2D eigenvalue weighted by atomic mass is 10.2. The number of thioether (sulfide) groups is 1. The van der Waals surface area contributed by atoms with Crippen molar-refractivity contribution in [3.05, 3.63) is 6.33 Å². The summed E-state index contributed by atoms with van der Waals surface area (Å²) in [5.41, 5.74) is 0. The van der Waals surface area contributed by atoms with E-state index in [1.165, 1.54) is 24.6 Å². The van der Waals surface area contributed by atoms with Crippen LogP contribution in [0.4, 0.5) is 0 Å². The Hall–Kier alpha value is -1.08. The topological polar surface area (TPSA) is 69.0 Å². The van der Waals surface area contributed by atoms with Crippen molar-refractivity contribution in [2.24, 2.45) is 0 Å². The maximum Gasteiger partial charge on any atom is 0.233 e. The minimum atomic E-state index is -0.166. The molecule has 1 amide bonds. The first-order chi connectivity index (χ1) is 9.70. The third-order valence-electron chi connectivity index (χ3n) is 3.47. The third kappa shape index (κ3) is 4.21. The molecule has 0 spiro atoms. The minimum Gasteiger partial charge on any atom is -0.383 e. The van der Waals surface area contributed by atoms with Crippen molar-refractivity contribution < 1.29 is 9.53 Å². The van der Waals surface area contributed by atoms with Crippen LogP contribution >= 0.6 is 11.8 Å². The first kappa shape index (κ1) is 15.3. The average molecular weight is 298 g/mol. The average Bonchev–Trinajstić information content (AvgIpc) is 3.08. The number of nitrogens with one attached hydrogen (secondary N) is 1. The number of carbonyl (C=O) groups is 1. The summed E-state index contributed by atoms with van der Waals surface area (Å²) >= 11 is 1.44. The molecule has 1 aliphatic carbocycles. The maximum atomic E-state index is 12.1. The molecule has 1 saturated carbocycles. The molecule has 1 aliphatic rings. The van der Waals surface area contributed by atoms with Crippen molar-refractivity contribution >= 4 is 17.7 Å². The second-order valence-electron chi connectivity index (χ2n) is 5.05. The highest BCUT2D eigenvalue weighted by Gasteiger charge is 2.22. The predicted octanol–water partition coefficient (Wildman–Crippen LogP) is 1.46. The predicted molar refractivity (Wildman–Crippen MR) is 77.6 cm³/mol. The van der Waals surface area contributed by atoms with Crippen molar-refractivity contribution in [2.45, 2.75) is 55.6 Å². The number of rotatable bonds is 7. The number of hydrogen-bond donors (Lipinski definition) is 1. The summed E-state index contributed by atoms with van der Waals surface area (Å²) in [6.45, 7) is 3.21. The first-order valence-corrected chi connectivity index (χ1v) is 7.92. The second kappa shape index (κ2) is 7.64. The van der Waals surface area contributed by atoms with Gasteiger partial charge in [-0.1, -0.05) is 24.6 Å². The van der Waals surface area contributed by atoms with Crippen LogP contribution in [0.1, 0.15) is 32.6 Å². The van der Waals surface area contributed by atoms with Crippen molar-refractivity contribution in [1.29, 1.82) is 0 Å². The van der Waals surface area contributed by atoms with Gasteiger partial charge in [0.05, 0.1) is 11.9 Å². The summed E-state index contributed by atoms with van der Waals surface area (Å²) in [5, 5.41) is 11.7. The quantitative estimate of drug-likeness (QED) is 0.772. The largest absolute Gasteiger partial charge is 0.383 e. The molecule has 112 valence electrons. The van der Waals surface area contributed by atoms with Crippen LogP contribution < -0.4 is 5.32 Å². The molecule has 1 aromatic rings. The van der Waals surface area contributed by atoms with Crippen LogP contribution in [0.3, 0.4) is 0 Å². The van der Waals surface area contributed by atoms with Crippen LogP contribution in [0.15, 0.2) is 11.5 Å². The van der Waals surface area contributed by atoms with E-state index in [0.717, 1.165) is 18.0 Å². The summed E-state index contributed by atoms with van der Waals surface area (Å²) in [5.74, 6) is 0.0863. The van der Waals surface area contributed by atoms with E-state index in [1.807, 2.05) is 11.5 Å². The van der Waals surface area contributed by atoms with Gasteiger partial charge in [0, 0.05) is 19.7 Å². The van der Waals surface area contributed by atoms with Gasteiger partial charge in [-0.2, -0.15) is 0 Å². The fourth-order valence-corrected chi connectivity index (χ4v) is 3.14. The molecule has 0 aromatic carbocycles. The van der Waals surface area contributed by atoms with Crippen LogP contribution in [-0.4, -0.2) is 45.7 Å². The van der Waals surface area contributed by atoms with Gasteiger partial charge in [0.2, 0.25) is 5.91 Å². The smallest absolute Gasteiger partial charge is 0.233 e. The van der Waals surface area contributed by atoms with Gasteiger partial charge in [-0.3, -0.25) is 4.79 Å². The Morgan fingerprint density at radius 2 is 2.35 bits per heavy atom. The Labute approximate surface area is 123 Å². The number of aromatic nitrogens is 3. The molecule has 7 heteroatoms. The molecule has 1 unspecified atom stereocenters. The normalized spacial score (nSPS) is 17.3. The van der Waals surface area contributed by atoms with Crippen molar-refractivity contribution in [2.75, 3.05) is 13.7 Å². The standard InChI is InChI=1S/C13H22N4O2S/c1-10(12(18)15-11-5-3-4-6-11)20-13-16-14-9-17(13)7-8-19-2/h9-11H,3-8H2,1-2H3,(H,15,18). The van der Waals surface area contributed by atoms with Gasteiger partial charge in [-0.05, 0) is 19.8 Å². The molecule has 2 rings (SSSR count). The van der Waals surface area contributed by atoms with E-state index >= 15 is 0 Å². The van der Waals surface area contributed by atoms with Crippen molar-refractivity contribution in [3.8, 4) is 0 Å². The van der Waals surface area contributed by atoms with E-state index < -0.39 is 0 Å². The third-order valence-corrected chi connectivity index (χ3v) is 4.56. The minimum absolute atomic E-state index is 0.0863. The van der Waals surface area contributed by atoms with Crippen LogP contribution in [0.2, 0.25) is 0 Å². The highest BCUT2D eigenvalue weighted by atomic mass is 32.2. The molecule has 1 aromatic heterocycles. The van der Waals surface area contributed by atoms with Gasteiger partial charge in [0.1, 0.15) is 6.33 Å².